The fourth-order valence-electron chi connectivity index (χ4n) is 3.61. The lowest BCUT2D eigenvalue weighted by Gasteiger charge is -2.17. The molecule has 7 heteroatoms. The van der Waals surface area contributed by atoms with Gasteiger partial charge in [0.1, 0.15) is 12.4 Å². The van der Waals surface area contributed by atoms with E-state index in [9.17, 15) is 9.18 Å². The lowest BCUT2D eigenvalue weighted by atomic mass is 10.0. The Bertz CT molecular complexity index is 1320. The van der Waals surface area contributed by atoms with E-state index in [2.05, 4.69) is 29.0 Å². The average molecular weight is 503 g/mol. The van der Waals surface area contributed by atoms with Crippen molar-refractivity contribution in [1.82, 2.24) is 5.32 Å². The van der Waals surface area contributed by atoms with Gasteiger partial charge in [0, 0.05) is 5.56 Å². The van der Waals surface area contributed by atoms with E-state index in [4.69, 9.17) is 9.47 Å². The molecule has 1 saturated heterocycles. The van der Waals surface area contributed by atoms with Crippen LogP contribution in [0.3, 0.4) is 0 Å². The summed E-state index contributed by atoms with van der Waals surface area (Å²) in [6.07, 6.45) is 4.19. The summed E-state index contributed by atoms with van der Waals surface area (Å²) >= 11 is 1.23. The highest BCUT2D eigenvalue weighted by molar-refractivity contribution is 8.18. The molecule has 1 aliphatic heterocycles. The van der Waals surface area contributed by atoms with Crippen LogP contribution >= 0.6 is 11.8 Å². The number of allylic oxidation sites excluding steroid dienone is 1. The highest BCUT2D eigenvalue weighted by Gasteiger charge is 2.24. The van der Waals surface area contributed by atoms with E-state index in [1.165, 1.54) is 29.5 Å². The van der Waals surface area contributed by atoms with Crippen molar-refractivity contribution >= 4 is 34.6 Å². The normalized spacial score (nSPS) is 15.2. The lowest BCUT2D eigenvalue weighted by molar-refractivity contribution is -0.115. The zero-order chi connectivity index (χ0) is 25.5. The van der Waals surface area contributed by atoms with Crippen LogP contribution in [0.25, 0.3) is 6.08 Å². The van der Waals surface area contributed by atoms with E-state index in [0.29, 0.717) is 46.9 Å². The van der Waals surface area contributed by atoms with Crippen molar-refractivity contribution in [3.63, 3.8) is 0 Å². The first-order valence-electron chi connectivity index (χ1n) is 11.6. The number of rotatable bonds is 9. The van der Waals surface area contributed by atoms with Crippen LogP contribution < -0.4 is 14.8 Å². The predicted octanol–water partition coefficient (Wildman–Crippen LogP) is 6.73. The molecule has 0 radical (unpaired) electrons. The second-order valence-corrected chi connectivity index (χ2v) is 9.20. The maximum atomic E-state index is 13.2. The zero-order valence-corrected chi connectivity index (χ0v) is 21.0. The molecule has 1 amide bonds. The first kappa shape index (κ1) is 25.3. The summed E-state index contributed by atoms with van der Waals surface area (Å²) in [6, 6.07) is 17.8. The van der Waals surface area contributed by atoms with Crippen LogP contribution in [0.5, 0.6) is 11.5 Å². The number of benzene rings is 3. The van der Waals surface area contributed by atoms with Crippen molar-refractivity contribution in [2.75, 3.05) is 6.61 Å². The Morgan fingerprint density at radius 3 is 2.53 bits per heavy atom. The molecule has 0 aromatic heterocycles. The van der Waals surface area contributed by atoms with E-state index >= 15 is 0 Å². The van der Waals surface area contributed by atoms with Crippen LogP contribution in [0, 0.1) is 12.7 Å². The number of nitrogens with zero attached hydrogens (tertiary/aromatic N) is 1. The highest BCUT2D eigenvalue weighted by Crippen LogP contribution is 2.37. The first-order chi connectivity index (χ1) is 17.4. The third kappa shape index (κ3) is 6.43. The van der Waals surface area contributed by atoms with Gasteiger partial charge in [-0.15, -0.1) is 6.58 Å². The quantitative estimate of drug-likeness (QED) is 0.260. The Kier molecular flexibility index (Phi) is 8.23. The molecule has 0 spiro atoms. The zero-order valence-electron chi connectivity index (χ0n) is 20.2. The minimum absolute atomic E-state index is 0.246. The summed E-state index contributed by atoms with van der Waals surface area (Å²) in [5, 5.41) is 3.20. The fraction of sp³-hybridized carbons (Fsp3) is 0.172. The Hall–Kier alpha value is -3.84. The fourth-order valence-corrected chi connectivity index (χ4v) is 4.45. The maximum absolute atomic E-state index is 13.2. The van der Waals surface area contributed by atoms with Gasteiger partial charge in [-0.25, -0.2) is 9.38 Å². The van der Waals surface area contributed by atoms with E-state index < -0.39 is 0 Å². The van der Waals surface area contributed by atoms with Gasteiger partial charge in [0.05, 0.1) is 17.2 Å². The second-order valence-electron chi connectivity index (χ2n) is 8.17. The number of halogens is 1. The van der Waals surface area contributed by atoms with Gasteiger partial charge < -0.3 is 14.8 Å². The molecule has 0 saturated carbocycles. The minimum atomic E-state index is -0.339. The van der Waals surface area contributed by atoms with Crippen LogP contribution in [0.2, 0.25) is 0 Å². The van der Waals surface area contributed by atoms with E-state index in [1.54, 1.807) is 18.2 Å². The molecule has 1 N–H and O–H groups in total. The van der Waals surface area contributed by atoms with Crippen molar-refractivity contribution in [2.45, 2.75) is 26.9 Å². The van der Waals surface area contributed by atoms with Gasteiger partial charge in [-0.05, 0) is 85.6 Å². The molecular formula is C29H27FN2O3S. The molecule has 1 heterocycles. The lowest BCUT2D eigenvalue weighted by Crippen LogP contribution is -2.19. The number of aryl methyl sites for hydroxylation is 1. The second kappa shape index (κ2) is 11.7. The summed E-state index contributed by atoms with van der Waals surface area (Å²) in [5.74, 6) is 0.694. The topological polar surface area (TPSA) is 59.9 Å². The summed E-state index contributed by atoms with van der Waals surface area (Å²) < 4.78 is 25.3. The van der Waals surface area contributed by atoms with Crippen molar-refractivity contribution in [3.05, 3.63) is 106 Å². The van der Waals surface area contributed by atoms with Gasteiger partial charge in [-0.1, -0.05) is 35.9 Å². The summed E-state index contributed by atoms with van der Waals surface area (Å²) in [6.45, 7) is 8.73. The van der Waals surface area contributed by atoms with Gasteiger partial charge in [0.2, 0.25) is 0 Å². The number of hydrogen-bond acceptors (Lipinski definition) is 5. The van der Waals surface area contributed by atoms with Gasteiger partial charge in [-0.2, -0.15) is 0 Å². The van der Waals surface area contributed by atoms with Crippen LogP contribution in [0.4, 0.5) is 10.1 Å². The standard InChI is InChI=1S/C29H27FN2O3S/c1-4-6-22-15-21(16-25(34-5-2)27(22)35-18-20-9-7-19(3)8-10-20)17-26-28(33)32-29(36-26)31-24-13-11-23(30)12-14-24/h4,7-17H,1,5-6,18H2,2-3H3,(H,31,32,33)/b26-17+. The van der Waals surface area contributed by atoms with Crippen LogP contribution in [0.1, 0.15) is 29.2 Å². The molecule has 36 heavy (non-hydrogen) atoms. The number of amides is 1. The number of nitrogens with one attached hydrogen (secondary N) is 1. The monoisotopic (exact) mass is 502 g/mol. The first-order valence-corrected chi connectivity index (χ1v) is 12.4. The maximum Gasteiger partial charge on any atom is 0.264 e. The number of amidine groups is 1. The average Bonchev–Trinajstić information content (AvgIpc) is 3.19. The smallest absolute Gasteiger partial charge is 0.264 e. The third-order valence-electron chi connectivity index (χ3n) is 5.33. The van der Waals surface area contributed by atoms with E-state index in [-0.39, 0.29) is 11.7 Å². The molecule has 1 fully saturated rings. The number of ether oxygens (including phenoxy) is 2. The van der Waals surface area contributed by atoms with Gasteiger partial charge >= 0.3 is 0 Å². The Morgan fingerprint density at radius 2 is 1.83 bits per heavy atom. The molecule has 4 rings (SSSR count). The molecular weight excluding hydrogens is 475 g/mol. The number of thioether (sulfide) groups is 1. The number of aliphatic imine (C=N–C) groups is 1. The molecule has 0 aliphatic carbocycles. The molecule has 0 atom stereocenters. The van der Waals surface area contributed by atoms with Crippen molar-refractivity contribution in [3.8, 4) is 11.5 Å². The Morgan fingerprint density at radius 1 is 1.08 bits per heavy atom. The number of carbonyl (C=O) groups excluding carboxylic acids is 1. The van der Waals surface area contributed by atoms with Crippen LogP contribution in [0.15, 0.2) is 83.2 Å². The van der Waals surface area contributed by atoms with Gasteiger partial charge in [0.15, 0.2) is 16.7 Å². The molecule has 3 aromatic rings. The third-order valence-corrected chi connectivity index (χ3v) is 6.24. The SMILES string of the molecule is C=CCc1cc(/C=C2/SC(=Nc3ccc(F)cc3)NC2=O)cc(OCC)c1OCc1ccc(C)cc1. The molecule has 0 bridgehead atoms. The Balaban J connectivity index is 1.61. The molecule has 1 aliphatic rings. The van der Waals surface area contributed by atoms with Gasteiger partial charge in [-0.3, -0.25) is 4.79 Å². The van der Waals surface area contributed by atoms with E-state index in [0.717, 1.165) is 16.7 Å². The molecule has 3 aromatic carbocycles. The van der Waals surface area contributed by atoms with Crippen LogP contribution in [-0.4, -0.2) is 17.7 Å². The highest BCUT2D eigenvalue weighted by atomic mass is 32.2. The minimum Gasteiger partial charge on any atom is -0.490 e. The van der Waals surface area contributed by atoms with Crippen molar-refractivity contribution in [2.24, 2.45) is 4.99 Å². The summed E-state index contributed by atoms with van der Waals surface area (Å²) in [7, 11) is 0. The predicted molar refractivity (Wildman–Crippen MR) is 144 cm³/mol. The van der Waals surface area contributed by atoms with Crippen LogP contribution in [-0.2, 0) is 17.8 Å². The molecule has 5 nitrogen and oxygen atoms in total. The van der Waals surface area contributed by atoms with E-state index in [1.807, 2.05) is 44.2 Å². The number of hydrogen-bond donors (Lipinski definition) is 1. The number of carbonyl (C=O) groups is 1. The Labute approximate surface area is 214 Å². The molecule has 184 valence electrons. The van der Waals surface area contributed by atoms with Gasteiger partial charge in [0.25, 0.3) is 5.91 Å². The van der Waals surface area contributed by atoms with Crippen molar-refractivity contribution in [1.29, 1.82) is 0 Å². The largest absolute Gasteiger partial charge is 0.490 e. The summed E-state index contributed by atoms with van der Waals surface area (Å²) in [4.78, 5) is 17.5. The molecule has 0 unspecified atom stereocenters. The summed E-state index contributed by atoms with van der Waals surface area (Å²) in [5.41, 5.74) is 4.53. The van der Waals surface area contributed by atoms with Crippen molar-refractivity contribution < 1.29 is 18.7 Å².